The minimum Gasteiger partial charge on any atom is -0.464 e. The summed E-state index contributed by atoms with van der Waals surface area (Å²) in [6.07, 6.45) is 1.57. The van der Waals surface area contributed by atoms with Crippen molar-refractivity contribution >= 4 is 5.69 Å². The summed E-state index contributed by atoms with van der Waals surface area (Å²) in [6.45, 7) is 0. The van der Waals surface area contributed by atoms with Gasteiger partial charge in [-0.05, 0) is 24.3 Å². The molecule has 0 amide bonds. The fourth-order valence-electron chi connectivity index (χ4n) is 1.19. The lowest BCUT2D eigenvalue weighted by Gasteiger charge is -1.95. The Morgan fingerprint density at radius 1 is 1.14 bits per heavy atom. The summed E-state index contributed by atoms with van der Waals surface area (Å²) in [5.41, 5.74) is 0.918. The predicted octanol–water partition coefficient (Wildman–Crippen LogP) is 2.85. The lowest BCUT2D eigenvalue weighted by atomic mass is 10.1. The predicted molar refractivity (Wildman–Crippen MR) is 50.8 cm³/mol. The molecule has 0 saturated heterocycles. The third-order valence-electron chi connectivity index (χ3n) is 1.88. The van der Waals surface area contributed by atoms with Gasteiger partial charge in [0.15, 0.2) is 0 Å². The third kappa shape index (κ3) is 1.50. The van der Waals surface area contributed by atoms with Crippen LogP contribution in [0, 0.1) is 10.1 Å². The number of nitro groups is 1. The van der Waals surface area contributed by atoms with Gasteiger partial charge < -0.3 is 4.42 Å². The number of rotatable bonds is 2. The van der Waals surface area contributed by atoms with Crippen LogP contribution in [0.1, 0.15) is 0 Å². The second-order valence-corrected chi connectivity index (χ2v) is 2.78. The van der Waals surface area contributed by atoms with Crippen LogP contribution in [0.4, 0.5) is 5.69 Å². The Hall–Kier alpha value is -2.10. The molecule has 70 valence electrons. The molecule has 0 atom stereocenters. The molecule has 0 aliphatic heterocycles. The SMILES string of the molecule is O=[N+]([O-])c1ccc(-c2ccco2)cc1. The molecular formula is C10H7NO3. The maximum Gasteiger partial charge on any atom is 0.269 e. The number of non-ortho nitro benzene ring substituents is 1. The molecule has 4 nitrogen and oxygen atoms in total. The van der Waals surface area contributed by atoms with Crippen LogP contribution >= 0.6 is 0 Å². The minimum absolute atomic E-state index is 0.0836. The Balaban J connectivity index is 2.36. The average Bonchev–Trinajstić information content (AvgIpc) is 2.71. The van der Waals surface area contributed by atoms with E-state index in [2.05, 4.69) is 0 Å². The smallest absolute Gasteiger partial charge is 0.269 e. The molecule has 2 rings (SSSR count). The molecule has 4 heteroatoms. The molecule has 0 N–H and O–H groups in total. The molecule has 0 spiro atoms. The zero-order valence-corrected chi connectivity index (χ0v) is 7.21. The summed E-state index contributed by atoms with van der Waals surface area (Å²) in [6, 6.07) is 9.82. The van der Waals surface area contributed by atoms with Crippen molar-refractivity contribution in [3.8, 4) is 11.3 Å². The van der Waals surface area contributed by atoms with Crippen LogP contribution in [-0.2, 0) is 0 Å². The molecule has 0 fully saturated rings. The standard InChI is InChI=1S/C10H7NO3/c12-11(13)9-5-3-8(4-6-9)10-2-1-7-14-10/h1-7H. The monoisotopic (exact) mass is 189 g/mol. The number of hydrogen-bond donors (Lipinski definition) is 0. The van der Waals surface area contributed by atoms with Crippen LogP contribution in [0.2, 0.25) is 0 Å². The molecule has 0 aliphatic carbocycles. The van der Waals surface area contributed by atoms with E-state index in [4.69, 9.17) is 4.42 Å². The maximum absolute atomic E-state index is 10.4. The van der Waals surface area contributed by atoms with Crippen LogP contribution in [0.15, 0.2) is 47.1 Å². The number of benzene rings is 1. The zero-order chi connectivity index (χ0) is 9.97. The normalized spacial score (nSPS) is 10.0. The van der Waals surface area contributed by atoms with Crippen molar-refractivity contribution in [2.24, 2.45) is 0 Å². The van der Waals surface area contributed by atoms with Gasteiger partial charge in [-0.3, -0.25) is 10.1 Å². The van der Waals surface area contributed by atoms with Crippen molar-refractivity contribution in [1.29, 1.82) is 0 Å². The first kappa shape index (κ1) is 8.50. The fourth-order valence-corrected chi connectivity index (χ4v) is 1.19. The minimum atomic E-state index is -0.425. The Morgan fingerprint density at radius 2 is 1.86 bits per heavy atom. The van der Waals surface area contributed by atoms with Crippen molar-refractivity contribution in [3.63, 3.8) is 0 Å². The highest BCUT2D eigenvalue weighted by molar-refractivity contribution is 5.58. The Bertz CT molecular complexity index is 431. The first-order chi connectivity index (χ1) is 6.77. The number of nitrogens with zero attached hydrogens (tertiary/aromatic N) is 1. The van der Waals surface area contributed by atoms with Gasteiger partial charge >= 0.3 is 0 Å². The lowest BCUT2D eigenvalue weighted by molar-refractivity contribution is -0.384. The first-order valence-electron chi connectivity index (χ1n) is 4.06. The number of furan rings is 1. The van der Waals surface area contributed by atoms with Gasteiger partial charge in [0.2, 0.25) is 0 Å². The van der Waals surface area contributed by atoms with Crippen LogP contribution in [0.5, 0.6) is 0 Å². The van der Waals surface area contributed by atoms with Crippen LogP contribution in [-0.4, -0.2) is 4.92 Å². The van der Waals surface area contributed by atoms with Crippen molar-refractivity contribution in [2.45, 2.75) is 0 Å². The Kier molecular flexibility index (Phi) is 2.02. The molecule has 0 unspecified atom stereocenters. The number of hydrogen-bond acceptors (Lipinski definition) is 3. The van der Waals surface area contributed by atoms with Crippen molar-refractivity contribution < 1.29 is 9.34 Å². The molecule has 1 aromatic heterocycles. The molecule has 1 heterocycles. The van der Waals surface area contributed by atoms with Gasteiger partial charge in [0.25, 0.3) is 5.69 Å². The lowest BCUT2D eigenvalue weighted by Crippen LogP contribution is -1.86. The van der Waals surface area contributed by atoms with Crippen molar-refractivity contribution in [2.75, 3.05) is 0 Å². The highest BCUT2D eigenvalue weighted by Gasteiger charge is 2.05. The molecule has 0 bridgehead atoms. The number of nitro benzene ring substituents is 1. The molecule has 14 heavy (non-hydrogen) atoms. The average molecular weight is 189 g/mol. The van der Waals surface area contributed by atoms with Crippen molar-refractivity contribution in [1.82, 2.24) is 0 Å². The summed E-state index contributed by atoms with van der Waals surface area (Å²) in [4.78, 5) is 9.96. The third-order valence-corrected chi connectivity index (χ3v) is 1.88. The van der Waals surface area contributed by atoms with Gasteiger partial charge in [-0.1, -0.05) is 0 Å². The molecule has 1 aromatic carbocycles. The van der Waals surface area contributed by atoms with E-state index in [1.807, 2.05) is 0 Å². The van der Waals surface area contributed by atoms with E-state index in [1.165, 1.54) is 12.1 Å². The highest BCUT2D eigenvalue weighted by Crippen LogP contribution is 2.22. The molecule has 0 radical (unpaired) electrons. The van der Waals surface area contributed by atoms with Gasteiger partial charge in [-0.25, -0.2) is 0 Å². The van der Waals surface area contributed by atoms with Crippen LogP contribution < -0.4 is 0 Å². The zero-order valence-electron chi connectivity index (χ0n) is 7.21. The van der Waals surface area contributed by atoms with Crippen molar-refractivity contribution in [3.05, 3.63) is 52.8 Å². The van der Waals surface area contributed by atoms with Gasteiger partial charge in [0.1, 0.15) is 5.76 Å². The van der Waals surface area contributed by atoms with Crippen LogP contribution in [0.25, 0.3) is 11.3 Å². The van der Waals surface area contributed by atoms with E-state index in [-0.39, 0.29) is 5.69 Å². The molecule has 0 saturated carbocycles. The summed E-state index contributed by atoms with van der Waals surface area (Å²) in [5.74, 6) is 0.708. The topological polar surface area (TPSA) is 56.3 Å². The second-order valence-electron chi connectivity index (χ2n) is 2.78. The second kappa shape index (κ2) is 3.33. The van der Waals surface area contributed by atoms with E-state index < -0.39 is 4.92 Å². The fraction of sp³-hybridized carbons (Fsp3) is 0. The highest BCUT2D eigenvalue weighted by atomic mass is 16.6. The van der Waals surface area contributed by atoms with Gasteiger partial charge in [-0.15, -0.1) is 0 Å². The molecule has 0 aliphatic rings. The largest absolute Gasteiger partial charge is 0.464 e. The quantitative estimate of drug-likeness (QED) is 0.539. The van der Waals surface area contributed by atoms with E-state index in [0.29, 0.717) is 5.76 Å². The van der Waals surface area contributed by atoms with Crippen LogP contribution in [0.3, 0.4) is 0 Å². The van der Waals surface area contributed by atoms with Gasteiger partial charge in [0.05, 0.1) is 11.2 Å². The summed E-state index contributed by atoms with van der Waals surface area (Å²) < 4.78 is 5.15. The Morgan fingerprint density at radius 3 is 2.36 bits per heavy atom. The van der Waals surface area contributed by atoms with Gasteiger partial charge in [-0.2, -0.15) is 0 Å². The molecular weight excluding hydrogens is 182 g/mol. The summed E-state index contributed by atoms with van der Waals surface area (Å²) >= 11 is 0. The van der Waals surface area contributed by atoms with E-state index in [0.717, 1.165) is 5.56 Å². The van der Waals surface area contributed by atoms with E-state index >= 15 is 0 Å². The molecule has 2 aromatic rings. The van der Waals surface area contributed by atoms with E-state index in [9.17, 15) is 10.1 Å². The van der Waals surface area contributed by atoms with Gasteiger partial charge in [0, 0.05) is 17.7 Å². The first-order valence-corrected chi connectivity index (χ1v) is 4.06. The van der Waals surface area contributed by atoms with E-state index in [1.54, 1.807) is 30.5 Å². The summed E-state index contributed by atoms with van der Waals surface area (Å²) in [7, 11) is 0. The Labute approximate surface area is 79.9 Å². The summed E-state index contributed by atoms with van der Waals surface area (Å²) in [5, 5.41) is 10.4. The maximum atomic E-state index is 10.4.